The SMILES string of the molecule is O=c1c(-c2cccnc2)cc(-c2ccccn2)nn1-c1ccccc1[N+](=O)[O-]. The van der Waals surface area contributed by atoms with Crippen LogP contribution in [0.25, 0.3) is 28.2 Å². The Morgan fingerprint density at radius 2 is 1.75 bits per heavy atom. The Bertz CT molecular complexity index is 1210. The second kappa shape index (κ2) is 7.20. The number of aromatic nitrogens is 4. The van der Waals surface area contributed by atoms with Crippen LogP contribution in [0.4, 0.5) is 5.69 Å². The molecule has 4 rings (SSSR count). The summed E-state index contributed by atoms with van der Waals surface area (Å²) in [4.78, 5) is 32.4. The molecule has 0 N–H and O–H groups in total. The van der Waals surface area contributed by atoms with E-state index in [0.717, 1.165) is 4.68 Å². The van der Waals surface area contributed by atoms with E-state index in [4.69, 9.17) is 0 Å². The molecule has 1 aromatic carbocycles. The number of nitro benzene ring substituents is 1. The molecule has 0 aliphatic carbocycles. The first-order valence-electron chi connectivity index (χ1n) is 8.35. The Kier molecular flexibility index (Phi) is 4.43. The molecule has 0 saturated carbocycles. The molecule has 28 heavy (non-hydrogen) atoms. The number of nitro groups is 1. The number of hydrogen-bond acceptors (Lipinski definition) is 6. The van der Waals surface area contributed by atoms with Gasteiger partial charge in [-0.3, -0.25) is 24.9 Å². The van der Waals surface area contributed by atoms with Crippen LogP contribution in [-0.2, 0) is 0 Å². The van der Waals surface area contributed by atoms with Crippen molar-refractivity contribution in [3.8, 4) is 28.2 Å². The second-order valence-electron chi connectivity index (χ2n) is 5.86. The van der Waals surface area contributed by atoms with Crippen LogP contribution in [-0.4, -0.2) is 24.7 Å². The molecule has 0 amide bonds. The molecule has 0 atom stereocenters. The molecule has 0 radical (unpaired) electrons. The maximum absolute atomic E-state index is 13.2. The summed E-state index contributed by atoms with van der Waals surface area (Å²) in [5, 5.41) is 15.8. The van der Waals surface area contributed by atoms with Gasteiger partial charge in [0.2, 0.25) is 0 Å². The van der Waals surface area contributed by atoms with Crippen LogP contribution in [0, 0.1) is 10.1 Å². The van der Waals surface area contributed by atoms with Crippen molar-refractivity contribution >= 4 is 5.69 Å². The molecule has 0 bridgehead atoms. The van der Waals surface area contributed by atoms with Gasteiger partial charge in [-0.15, -0.1) is 0 Å². The van der Waals surface area contributed by atoms with Gasteiger partial charge in [0, 0.05) is 30.2 Å². The first kappa shape index (κ1) is 17.2. The third-order valence-corrected chi connectivity index (χ3v) is 4.12. The van der Waals surface area contributed by atoms with E-state index in [9.17, 15) is 14.9 Å². The van der Waals surface area contributed by atoms with Crippen LogP contribution < -0.4 is 5.56 Å². The third-order valence-electron chi connectivity index (χ3n) is 4.12. The molecule has 3 aromatic heterocycles. The van der Waals surface area contributed by atoms with Crippen molar-refractivity contribution in [3.05, 3.63) is 99.7 Å². The molecule has 8 nitrogen and oxygen atoms in total. The van der Waals surface area contributed by atoms with Gasteiger partial charge in [-0.05, 0) is 30.3 Å². The molecule has 0 aliphatic rings. The molecule has 0 saturated heterocycles. The number of benzene rings is 1. The zero-order valence-electron chi connectivity index (χ0n) is 14.5. The van der Waals surface area contributed by atoms with Crippen molar-refractivity contribution in [2.75, 3.05) is 0 Å². The molecule has 3 heterocycles. The van der Waals surface area contributed by atoms with E-state index < -0.39 is 10.5 Å². The zero-order chi connectivity index (χ0) is 19.5. The fourth-order valence-corrected chi connectivity index (χ4v) is 2.82. The van der Waals surface area contributed by atoms with E-state index in [0.29, 0.717) is 22.5 Å². The van der Waals surface area contributed by atoms with E-state index in [1.165, 1.54) is 18.2 Å². The molecular weight excluding hydrogens is 358 g/mol. The lowest BCUT2D eigenvalue weighted by Crippen LogP contribution is -2.24. The summed E-state index contributed by atoms with van der Waals surface area (Å²) in [6, 6.07) is 16.4. The number of para-hydroxylation sites is 2. The van der Waals surface area contributed by atoms with Crippen molar-refractivity contribution in [2.45, 2.75) is 0 Å². The number of nitrogens with zero attached hydrogens (tertiary/aromatic N) is 5. The normalized spacial score (nSPS) is 10.6. The first-order valence-corrected chi connectivity index (χ1v) is 8.35. The van der Waals surface area contributed by atoms with Gasteiger partial charge < -0.3 is 0 Å². The fraction of sp³-hybridized carbons (Fsp3) is 0. The van der Waals surface area contributed by atoms with Gasteiger partial charge >= 0.3 is 0 Å². The minimum atomic E-state index is -0.541. The lowest BCUT2D eigenvalue weighted by atomic mass is 10.1. The van der Waals surface area contributed by atoms with Crippen LogP contribution >= 0.6 is 0 Å². The molecular formula is C20H13N5O3. The van der Waals surface area contributed by atoms with E-state index in [1.807, 2.05) is 0 Å². The van der Waals surface area contributed by atoms with Gasteiger partial charge in [-0.1, -0.05) is 24.3 Å². The number of rotatable bonds is 4. The fourth-order valence-electron chi connectivity index (χ4n) is 2.82. The Morgan fingerprint density at radius 3 is 2.46 bits per heavy atom. The maximum Gasteiger partial charge on any atom is 0.295 e. The minimum Gasteiger partial charge on any atom is -0.267 e. The van der Waals surface area contributed by atoms with Gasteiger partial charge in [0.25, 0.3) is 11.2 Å². The van der Waals surface area contributed by atoms with Crippen molar-refractivity contribution in [1.29, 1.82) is 0 Å². The highest BCUT2D eigenvalue weighted by Crippen LogP contribution is 2.24. The number of pyridine rings is 2. The predicted octanol–water partition coefficient (Wildman–Crippen LogP) is 3.26. The first-order chi connectivity index (χ1) is 13.6. The molecule has 0 fully saturated rings. The van der Waals surface area contributed by atoms with Crippen LogP contribution in [0.15, 0.2) is 84.0 Å². The van der Waals surface area contributed by atoms with Gasteiger partial charge in [0.1, 0.15) is 11.4 Å². The van der Waals surface area contributed by atoms with E-state index >= 15 is 0 Å². The molecule has 8 heteroatoms. The van der Waals surface area contributed by atoms with Crippen LogP contribution in [0.2, 0.25) is 0 Å². The Balaban J connectivity index is 2.04. The topological polar surface area (TPSA) is 104 Å². The molecule has 4 aromatic rings. The van der Waals surface area contributed by atoms with Gasteiger partial charge in [-0.2, -0.15) is 9.78 Å². The van der Waals surface area contributed by atoms with Crippen molar-refractivity contribution in [3.63, 3.8) is 0 Å². The van der Waals surface area contributed by atoms with Gasteiger partial charge in [-0.25, -0.2) is 0 Å². The predicted molar refractivity (Wildman–Crippen MR) is 103 cm³/mol. The summed E-state index contributed by atoms with van der Waals surface area (Å²) in [5.74, 6) is 0. The van der Waals surface area contributed by atoms with Gasteiger partial charge in [0.15, 0.2) is 0 Å². The highest BCUT2D eigenvalue weighted by atomic mass is 16.6. The molecule has 0 aliphatic heterocycles. The lowest BCUT2D eigenvalue weighted by Gasteiger charge is -2.11. The monoisotopic (exact) mass is 371 g/mol. The number of hydrogen-bond donors (Lipinski definition) is 0. The third kappa shape index (κ3) is 3.14. The van der Waals surface area contributed by atoms with Crippen molar-refractivity contribution in [2.24, 2.45) is 0 Å². The average molecular weight is 371 g/mol. The van der Waals surface area contributed by atoms with Crippen LogP contribution in [0.5, 0.6) is 0 Å². The molecule has 0 unspecified atom stereocenters. The summed E-state index contributed by atoms with van der Waals surface area (Å²) in [6.07, 6.45) is 4.77. The second-order valence-corrected chi connectivity index (χ2v) is 5.86. The van der Waals surface area contributed by atoms with Crippen molar-refractivity contribution in [1.82, 2.24) is 19.7 Å². The lowest BCUT2D eigenvalue weighted by molar-refractivity contribution is -0.384. The van der Waals surface area contributed by atoms with E-state index in [-0.39, 0.29) is 11.4 Å². The average Bonchev–Trinajstić information content (AvgIpc) is 2.75. The van der Waals surface area contributed by atoms with E-state index in [2.05, 4.69) is 15.1 Å². The summed E-state index contributed by atoms with van der Waals surface area (Å²) >= 11 is 0. The quantitative estimate of drug-likeness (QED) is 0.403. The van der Waals surface area contributed by atoms with Crippen LogP contribution in [0.3, 0.4) is 0 Å². The smallest absolute Gasteiger partial charge is 0.267 e. The van der Waals surface area contributed by atoms with E-state index in [1.54, 1.807) is 61.1 Å². The largest absolute Gasteiger partial charge is 0.295 e. The summed E-state index contributed by atoms with van der Waals surface area (Å²) in [5.41, 5.74) is 1.24. The van der Waals surface area contributed by atoms with Crippen molar-refractivity contribution < 1.29 is 4.92 Å². The Hall–Kier alpha value is -4.20. The summed E-state index contributed by atoms with van der Waals surface area (Å²) in [6.45, 7) is 0. The Morgan fingerprint density at radius 1 is 0.929 bits per heavy atom. The summed E-state index contributed by atoms with van der Waals surface area (Å²) in [7, 11) is 0. The highest BCUT2D eigenvalue weighted by molar-refractivity contribution is 5.68. The minimum absolute atomic E-state index is 0.0837. The standard InChI is InChI=1S/C20H13N5O3/c26-20-15(14-6-5-10-21-13-14)12-17(16-7-3-4-11-22-16)23-24(20)18-8-1-2-9-19(18)25(27)28/h1-13H. The molecule has 0 spiro atoms. The highest BCUT2D eigenvalue weighted by Gasteiger charge is 2.20. The summed E-state index contributed by atoms with van der Waals surface area (Å²) < 4.78 is 1.05. The zero-order valence-corrected chi connectivity index (χ0v) is 14.5. The van der Waals surface area contributed by atoms with Gasteiger partial charge in [0.05, 0.1) is 16.2 Å². The maximum atomic E-state index is 13.2. The van der Waals surface area contributed by atoms with Crippen LogP contribution in [0.1, 0.15) is 0 Å². The molecule has 136 valence electrons. The Labute approximate surface area is 158 Å².